The predicted molar refractivity (Wildman–Crippen MR) is 120 cm³/mol. The summed E-state index contributed by atoms with van der Waals surface area (Å²) < 4.78 is 24.9. The maximum Gasteiger partial charge on any atom is 0.410 e. The number of hydrogen-bond donors (Lipinski definition) is 0. The Balaban J connectivity index is 1.68. The Morgan fingerprint density at radius 1 is 1.16 bits per heavy atom. The lowest BCUT2D eigenvalue weighted by Gasteiger charge is -2.37. The maximum absolute atomic E-state index is 13.5. The van der Waals surface area contributed by atoms with Crippen LogP contribution in [0.25, 0.3) is 0 Å². The molecule has 0 radical (unpaired) electrons. The summed E-state index contributed by atoms with van der Waals surface area (Å²) in [6.07, 6.45) is 1.57. The zero-order valence-electron chi connectivity index (χ0n) is 18.9. The Kier molecular flexibility index (Phi) is 7.91. The second-order valence-corrected chi connectivity index (χ2v) is 8.60. The van der Waals surface area contributed by atoms with E-state index < -0.39 is 0 Å². The first-order valence-corrected chi connectivity index (χ1v) is 10.9. The van der Waals surface area contributed by atoms with Crippen molar-refractivity contribution in [2.24, 2.45) is 0 Å². The average Bonchev–Trinajstić information content (AvgIpc) is 2.73. The van der Waals surface area contributed by atoms with Crippen LogP contribution in [-0.4, -0.2) is 48.2 Å². The predicted octanol–water partition coefficient (Wildman–Crippen LogP) is 5.15. The molecule has 0 aliphatic carbocycles. The van der Waals surface area contributed by atoms with Crippen molar-refractivity contribution < 1.29 is 18.7 Å². The van der Waals surface area contributed by atoms with Gasteiger partial charge in [0, 0.05) is 12.6 Å². The fraction of sp³-hybridized carbons (Fsp3) is 0.480. The molecule has 0 N–H and O–H groups in total. The van der Waals surface area contributed by atoms with Gasteiger partial charge in [0.25, 0.3) is 0 Å². The normalized spacial score (nSPS) is 15.2. The first-order valence-electron chi connectivity index (χ1n) is 10.9. The van der Waals surface area contributed by atoms with Crippen LogP contribution in [0.1, 0.15) is 43.4 Å². The quantitative estimate of drug-likeness (QED) is 0.611. The molecular weight excluding hydrogens is 395 g/mol. The van der Waals surface area contributed by atoms with E-state index in [2.05, 4.69) is 11.9 Å². The molecular formula is C25H33FN2O3. The van der Waals surface area contributed by atoms with Gasteiger partial charge in [-0.15, -0.1) is 0 Å². The number of amides is 1. The molecule has 3 rings (SSSR count). The minimum absolute atomic E-state index is 0.106. The number of piperidine rings is 1. The SMILES string of the molecule is Cc1cc(F)ccc1CN(C(=O)OCc1ccc(OC(C)C)cc1)C1CCN(C)CC1. The zero-order chi connectivity index (χ0) is 22.4. The van der Waals surface area contributed by atoms with Crippen molar-refractivity contribution in [3.05, 3.63) is 65.0 Å². The molecule has 31 heavy (non-hydrogen) atoms. The van der Waals surface area contributed by atoms with Crippen LogP contribution in [0.3, 0.4) is 0 Å². The van der Waals surface area contributed by atoms with E-state index in [0.717, 1.165) is 48.4 Å². The fourth-order valence-electron chi connectivity index (χ4n) is 3.83. The molecule has 1 amide bonds. The highest BCUT2D eigenvalue weighted by Crippen LogP contribution is 2.22. The minimum atomic E-state index is -0.333. The Morgan fingerprint density at radius 2 is 1.84 bits per heavy atom. The molecule has 0 atom stereocenters. The van der Waals surface area contributed by atoms with Crippen LogP contribution >= 0.6 is 0 Å². The van der Waals surface area contributed by atoms with E-state index in [9.17, 15) is 9.18 Å². The Bertz CT molecular complexity index is 862. The van der Waals surface area contributed by atoms with Gasteiger partial charge in [-0.2, -0.15) is 0 Å². The van der Waals surface area contributed by atoms with Crippen LogP contribution in [0.15, 0.2) is 42.5 Å². The summed E-state index contributed by atoms with van der Waals surface area (Å²) in [6.45, 7) is 8.33. The molecule has 0 unspecified atom stereocenters. The van der Waals surface area contributed by atoms with Crippen molar-refractivity contribution in [3.63, 3.8) is 0 Å². The van der Waals surface area contributed by atoms with E-state index >= 15 is 0 Å². The van der Waals surface area contributed by atoms with E-state index in [1.54, 1.807) is 6.07 Å². The van der Waals surface area contributed by atoms with E-state index in [1.807, 2.05) is 49.9 Å². The topological polar surface area (TPSA) is 42.0 Å². The van der Waals surface area contributed by atoms with Crippen LogP contribution in [0.5, 0.6) is 5.75 Å². The molecule has 1 fully saturated rings. The summed E-state index contributed by atoms with van der Waals surface area (Å²) >= 11 is 0. The van der Waals surface area contributed by atoms with Crippen LogP contribution in [0, 0.1) is 12.7 Å². The molecule has 6 heteroatoms. The molecule has 2 aromatic carbocycles. The molecule has 2 aromatic rings. The number of rotatable bonds is 7. The lowest BCUT2D eigenvalue weighted by molar-refractivity contribution is 0.0603. The second-order valence-electron chi connectivity index (χ2n) is 8.60. The van der Waals surface area contributed by atoms with Crippen molar-refractivity contribution in [3.8, 4) is 5.75 Å². The molecule has 1 heterocycles. The van der Waals surface area contributed by atoms with E-state index in [-0.39, 0.29) is 30.7 Å². The van der Waals surface area contributed by atoms with Gasteiger partial charge < -0.3 is 19.3 Å². The highest BCUT2D eigenvalue weighted by Gasteiger charge is 2.28. The van der Waals surface area contributed by atoms with Gasteiger partial charge >= 0.3 is 6.09 Å². The van der Waals surface area contributed by atoms with E-state index in [1.165, 1.54) is 12.1 Å². The van der Waals surface area contributed by atoms with E-state index in [4.69, 9.17) is 9.47 Å². The smallest absolute Gasteiger partial charge is 0.410 e. The van der Waals surface area contributed by atoms with Gasteiger partial charge in [0.1, 0.15) is 18.2 Å². The Labute approximate surface area is 184 Å². The molecule has 5 nitrogen and oxygen atoms in total. The Morgan fingerprint density at radius 3 is 2.45 bits per heavy atom. The van der Waals surface area contributed by atoms with Crippen molar-refractivity contribution in [1.82, 2.24) is 9.80 Å². The summed E-state index contributed by atoms with van der Waals surface area (Å²) in [5, 5.41) is 0. The molecule has 168 valence electrons. The largest absolute Gasteiger partial charge is 0.491 e. The van der Waals surface area contributed by atoms with Gasteiger partial charge in [-0.05, 0) is 94.7 Å². The first-order chi connectivity index (χ1) is 14.8. The van der Waals surface area contributed by atoms with Crippen LogP contribution < -0.4 is 4.74 Å². The first kappa shape index (κ1) is 23.1. The van der Waals surface area contributed by atoms with E-state index in [0.29, 0.717) is 6.54 Å². The zero-order valence-corrected chi connectivity index (χ0v) is 18.9. The molecule has 0 aromatic heterocycles. The minimum Gasteiger partial charge on any atom is -0.491 e. The molecule has 0 bridgehead atoms. The third-order valence-electron chi connectivity index (χ3n) is 5.67. The lowest BCUT2D eigenvalue weighted by atomic mass is 10.0. The summed E-state index contributed by atoms with van der Waals surface area (Å²) in [5.41, 5.74) is 2.68. The molecule has 0 spiro atoms. The molecule has 1 saturated heterocycles. The van der Waals surface area contributed by atoms with Gasteiger partial charge in [0.05, 0.1) is 6.10 Å². The summed E-state index contributed by atoms with van der Waals surface area (Å²) in [6, 6.07) is 12.4. The van der Waals surface area contributed by atoms with Gasteiger partial charge in [-0.1, -0.05) is 18.2 Å². The number of carbonyl (C=O) groups is 1. The number of aryl methyl sites for hydroxylation is 1. The maximum atomic E-state index is 13.5. The van der Waals surface area contributed by atoms with Crippen LogP contribution in [-0.2, 0) is 17.9 Å². The van der Waals surface area contributed by atoms with Crippen molar-refractivity contribution in [2.75, 3.05) is 20.1 Å². The monoisotopic (exact) mass is 428 g/mol. The van der Waals surface area contributed by atoms with Crippen molar-refractivity contribution in [2.45, 2.75) is 58.9 Å². The summed E-state index contributed by atoms with van der Waals surface area (Å²) in [7, 11) is 2.09. The van der Waals surface area contributed by atoms with Gasteiger partial charge in [-0.25, -0.2) is 9.18 Å². The highest BCUT2D eigenvalue weighted by molar-refractivity contribution is 5.68. The average molecular weight is 429 g/mol. The van der Waals surface area contributed by atoms with Gasteiger partial charge in [-0.3, -0.25) is 0 Å². The summed E-state index contributed by atoms with van der Waals surface area (Å²) in [5.74, 6) is 0.532. The molecule has 1 aliphatic heterocycles. The third kappa shape index (κ3) is 6.69. The van der Waals surface area contributed by atoms with Gasteiger partial charge in [0.15, 0.2) is 0 Å². The fourth-order valence-corrected chi connectivity index (χ4v) is 3.83. The van der Waals surface area contributed by atoms with Crippen molar-refractivity contribution in [1.29, 1.82) is 0 Å². The third-order valence-corrected chi connectivity index (χ3v) is 5.67. The highest BCUT2D eigenvalue weighted by atomic mass is 19.1. The lowest BCUT2D eigenvalue weighted by Crippen LogP contribution is -2.46. The summed E-state index contributed by atoms with van der Waals surface area (Å²) in [4.78, 5) is 17.2. The molecule has 1 aliphatic rings. The van der Waals surface area contributed by atoms with Crippen LogP contribution in [0.4, 0.5) is 9.18 Å². The number of nitrogens with zero attached hydrogens (tertiary/aromatic N) is 2. The number of likely N-dealkylation sites (tertiary alicyclic amines) is 1. The van der Waals surface area contributed by atoms with Gasteiger partial charge in [0.2, 0.25) is 0 Å². The standard InChI is InChI=1S/C25H33FN2O3/c1-18(2)31-24-9-5-20(6-10-24)17-30-25(29)28(23-11-13-27(4)14-12-23)16-21-7-8-22(26)15-19(21)3/h5-10,15,18,23H,11-14,16-17H2,1-4H3. The number of carbonyl (C=O) groups excluding carboxylic acids is 1. The Hall–Kier alpha value is -2.60. The molecule has 0 saturated carbocycles. The number of ether oxygens (including phenoxy) is 2. The van der Waals surface area contributed by atoms with Crippen LogP contribution in [0.2, 0.25) is 0 Å². The number of halogens is 1. The number of benzene rings is 2. The number of hydrogen-bond acceptors (Lipinski definition) is 4. The second kappa shape index (κ2) is 10.6. The van der Waals surface area contributed by atoms with Crippen molar-refractivity contribution >= 4 is 6.09 Å².